The van der Waals surface area contributed by atoms with Gasteiger partial charge in [0.05, 0.1) is 10.6 Å². The lowest BCUT2D eigenvalue weighted by atomic mass is 10.2. The number of para-hydroxylation sites is 1. The number of rotatable bonds is 3. The van der Waals surface area contributed by atoms with Crippen molar-refractivity contribution >= 4 is 27.8 Å². The molecule has 2 aromatic rings. The molecule has 0 unspecified atom stereocenters. The molecular formula is C15H17FN4O2S. The van der Waals surface area contributed by atoms with Crippen molar-refractivity contribution in [3.05, 3.63) is 44.7 Å². The Labute approximate surface area is 137 Å². The van der Waals surface area contributed by atoms with E-state index in [1.165, 1.54) is 10.9 Å². The van der Waals surface area contributed by atoms with Crippen molar-refractivity contribution in [1.29, 1.82) is 0 Å². The number of thiazole rings is 1. The van der Waals surface area contributed by atoms with Gasteiger partial charge in [-0.05, 0) is 26.0 Å². The highest BCUT2D eigenvalue weighted by Gasteiger charge is 2.27. The lowest BCUT2D eigenvalue weighted by Gasteiger charge is -2.35. The van der Waals surface area contributed by atoms with Crippen LogP contribution in [0.25, 0.3) is 0 Å². The minimum Gasteiger partial charge on any atom is -0.362 e. The zero-order chi connectivity index (χ0) is 16.6. The van der Waals surface area contributed by atoms with Crippen molar-refractivity contribution in [3.8, 4) is 0 Å². The number of aryl methyl sites for hydroxylation is 2. The fraction of sp³-hybridized carbons (Fsp3) is 0.400. The van der Waals surface area contributed by atoms with Gasteiger partial charge in [-0.1, -0.05) is 6.07 Å². The first kappa shape index (κ1) is 15.7. The number of nitrogens with zero attached hydrogens (tertiary/aromatic N) is 4. The maximum atomic E-state index is 13.8. The molecule has 3 rings (SSSR count). The topological polar surface area (TPSA) is 62.5 Å². The van der Waals surface area contributed by atoms with Crippen LogP contribution in [0.1, 0.15) is 10.6 Å². The van der Waals surface area contributed by atoms with Crippen molar-refractivity contribution in [2.75, 3.05) is 36.0 Å². The molecule has 1 fully saturated rings. The maximum Gasteiger partial charge on any atom is 0.327 e. The normalized spacial score (nSPS) is 15.1. The van der Waals surface area contributed by atoms with Crippen molar-refractivity contribution in [2.24, 2.45) is 0 Å². The molecule has 8 heteroatoms. The number of hydrogen-bond acceptors (Lipinski definition) is 6. The van der Waals surface area contributed by atoms with E-state index < -0.39 is 16.4 Å². The Kier molecular flexibility index (Phi) is 4.16. The minimum absolute atomic E-state index is 0.348. The van der Waals surface area contributed by atoms with Crippen LogP contribution >= 0.6 is 11.3 Å². The Morgan fingerprint density at radius 1 is 1.22 bits per heavy atom. The first-order valence-corrected chi connectivity index (χ1v) is 8.16. The number of nitro groups is 1. The van der Waals surface area contributed by atoms with E-state index >= 15 is 0 Å². The molecule has 2 heterocycles. The fourth-order valence-electron chi connectivity index (χ4n) is 2.67. The Bertz CT molecular complexity index is 722. The van der Waals surface area contributed by atoms with Gasteiger partial charge in [-0.25, -0.2) is 4.98 Å². The van der Waals surface area contributed by atoms with Crippen LogP contribution in [0.5, 0.6) is 0 Å². The van der Waals surface area contributed by atoms with Crippen molar-refractivity contribution < 1.29 is 9.31 Å². The zero-order valence-electron chi connectivity index (χ0n) is 13.0. The number of aromatic nitrogens is 1. The first-order valence-electron chi connectivity index (χ1n) is 7.34. The molecule has 23 heavy (non-hydrogen) atoms. The van der Waals surface area contributed by atoms with Crippen LogP contribution < -0.4 is 9.80 Å². The van der Waals surface area contributed by atoms with E-state index in [0.29, 0.717) is 31.9 Å². The summed E-state index contributed by atoms with van der Waals surface area (Å²) in [6.07, 6.45) is 0. The van der Waals surface area contributed by atoms with Crippen molar-refractivity contribution in [2.45, 2.75) is 13.8 Å². The Hall–Kier alpha value is -2.22. The van der Waals surface area contributed by atoms with E-state index in [1.807, 2.05) is 18.7 Å². The lowest BCUT2D eigenvalue weighted by Crippen LogP contribution is -2.46. The number of benzene rings is 1. The lowest BCUT2D eigenvalue weighted by molar-refractivity contribution is -0.386. The van der Waals surface area contributed by atoms with E-state index in [0.717, 1.165) is 16.9 Å². The largest absolute Gasteiger partial charge is 0.362 e. The second-order valence-corrected chi connectivity index (χ2v) is 6.66. The molecule has 0 amide bonds. The van der Waals surface area contributed by atoms with Gasteiger partial charge in [0, 0.05) is 31.1 Å². The third kappa shape index (κ3) is 2.98. The molecule has 0 aliphatic carbocycles. The molecule has 1 aromatic carbocycles. The van der Waals surface area contributed by atoms with Crippen LogP contribution in [0.15, 0.2) is 18.2 Å². The van der Waals surface area contributed by atoms with Gasteiger partial charge in [-0.2, -0.15) is 4.39 Å². The third-order valence-electron chi connectivity index (χ3n) is 4.06. The highest BCUT2D eigenvalue weighted by molar-refractivity contribution is 7.15. The molecule has 6 nitrogen and oxygen atoms in total. The van der Waals surface area contributed by atoms with Gasteiger partial charge >= 0.3 is 5.69 Å². The highest BCUT2D eigenvalue weighted by atomic mass is 32.1. The Balaban J connectivity index is 1.77. The molecule has 0 radical (unpaired) electrons. The monoisotopic (exact) mass is 336 g/mol. The van der Waals surface area contributed by atoms with Crippen molar-refractivity contribution in [3.63, 3.8) is 0 Å². The number of piperazine rings is 1. The number of halogens is 1. The summed E-state index contributed by atoms with van der Waals surface area (Å²) in [6.45, 7) is 6.65. The molecule has 0 bridgehead atoms. The van der Waals surface area contributed by atoms with E-state index in [2.05, 4.69) is 9.88 Å². The average molecular weight is 336 g/mol. The number of anilines is 2. The van der Waals surface area contributed by atoms with Crippen LogP contribution in [-0.4, -0.2) is 36.1 Å². The van der Waals surface area contributed by atoms with Crippen LogP contribution in [0.3, 0.4) is 0 Å². The summed E-state index contributed by atoms with van der Waals surface area (Å²) in [6, 6.07) is 4.24. The van der Waals surface area contributed by atoms with Gasteiger partial charge in [0.1, 0.15) is 5.69 Å². The van der Waals surface area contributed by atoms with Crippen LogP contribution in [-0.2, 0) is 0 Å². The van der Waals surface area contributed by atoms with E-state index in [-0.39, 0.29) is 0 Å². The summed E-state index contributed by atoms with van der Waals surface area (Å²) in [4.78, 5) is 20.3. The first-order chi connectivity index (χ1) is 11.0. The number of hydrogen-bond donors (Lipinski definition) is 0. The van der Waals surface area contributed by atoms with Gasteiger partial charge in [0.15, 0.2) is 5.13 Å². The smallest absolute Gasteiger partial charge is 0.327 e. The van der Waals surface area contributed by atoms with Crippen molar-refractivity contribution in [1.82, 2.24) is 4.98 Å². The fourth-order valence-corrected chi connectivity index (χ4v) is 3.63. The van der Waals surface area contributed by atoms with E-state index in [1.54, 1.807) is 17.4 Å². The van der Waals surface area contributed by atoms with Gasteiger partial charge in [0.2, 0.25) is 5.82 Å². The number of nitro benzene ring substituents is 1. The predicted octanol–water partition coefficient (Wildman–Crippen LogP) is 3.13. The molecule has 1 aromatic heterocycles. The molecule has 122 valence electrons. The molecule has 1 aliphatic rings. The molecule has 0 atom stereocenters. The Morgan fingerprint density at radius 3 is 2.43 bits per heavy atom. The van der Waals surface area contributed by atoms with Gasteiger partial charge in [-0.3, -0.25) is 10.1 Å². The van der Waals surface area contributed by atoms with Gasteiger partial charge < -0.3 is 9.80 Å². The van der Waals surface area contributed by atoms with Gasteiger partial charge in [0.25, 0.3) is 0 Å². The van der Waals surface area contributed by atoms with E-state index in [4.69, 9.17) is 0 Å². The second kappa shape index (κ2) is 6.11. The minimum atomic E-state index is -0.791. The summed E-state index contributed by atoms with van der Waals surface area (Å²) in [5, 5.41) is 12.1. The maximum absolute atomic E-state index is 13.8. The van der Waals surface area contributed by atoms with Gasteiger partial charge in [-0.15, -0.1) is 11.3 Å². The predicted molar refractivity (Wildman–Crippen MR) is 89.1 cm³/mol. The summed E-state index contributed by atoms with van der Waals surface area (Å²) < 4.78 is 13.8. The standard InChI is InChI=1S/C15H17FN4O2S/c1-10-11(2)23-15(17-10)19-8-6-18(7-9-19)13-5-3-4-12(16)14(13)20(21)22/h3-5H,6-9H2,1-2H3. The molecular weight excluding hydrogens is 319 g/mol. The summed E-state index contributed by atoms with van der Waals surface area (Å²) in [5.74, 6) is -0.791. The van der Waals surface area contributed by atoms with Crippen LogP contribution in [0.2, 0.25) is 0 Å². The SMILES string of the molecule is Cc1nc(N2CCN(c3cccc(F)c3[N+](=O)[O-])CC2)sc1C. The zero-order valence-corrected chi connectivity index (χ0v) is 13.8. The molecule has 0 N–H and O–H groups in total. The quantitative estimate of drug-likeness (QED) is 0.636. The summed E-state index contributed by atoms with van der Waals surface area (Å²) in [7, 11) is 0. The molecule has 0 saturated carbocycles. The van der Waals surface area contributed by atoms with Crippen LogP contribution in [0, 0.1) is 29.8 Å². The summed E-state index contributed by atoms with van der Waals surface area (Å²) >= 11 is 1.66. The molecule has 1 saturated heterocycles. The molecule has 0 spiro atoms. The highest BCUT2D eigenvalue weighted by Crippen LogP contribution is 2.32. The average Bonchev–Trinajstić information content (AvgIpc) is 2.86. The van der Waals surface area contributed by atoms with E-state index in [9.17, 15) is 14.5 Å². The van der Waals surface area contributed by atoms with Crippen LogP contribution in [0.4, 0.5) is 20.9 Å². The second-order valence-electron chi connectivity index (χ2n) is 5.48. The third-order valence-corrected chi connectivity index (χ3v) is 5.19. The molecule has 1 aliphatic heterocycles. The Morgan fingerprint density at radius 2 is 1.87 bits per heavy atom. The summed E-state index contributed by atoms with van der Waals surface area (Å²) in [5.41, 5.74) is 0.941.